The Balaban J connectivity index is 1.76. The van der Waals surface area contributed by atoms with Crippen LogP contribution in [-0.2, 0) is 11.2 Å². The molecule has 1 aliphatic rings. The van der Waals surface area contributed by atoms with E-state index in [9.17, 15) is 4.79 Å². The lowest BCUT2D eigenvalue weighted by Crippen LogP contribution is -2.53. The van der Waals surface area contributed by atoms with Crippen LogP contribution in [0.1, 0.15) is 12.0 Å². The summed E-state index contributed by atoms with van der Waals surface area (Å²) in [5, 5.41) is 9.06. The van der Waals surface area contributed by atoms with Crippen molar-refractivity contribution in [1.29, 1.82) is 0 Å². The fourth-order valence-corrected chi connectivity index (χ4v) is 1.71. The molecule has 1 aromatic carbocycles. The molecule has 0 radical (unpaired) electrons. The fraction of sp³-hybridized carbons (Fsp3) is 0.417. The minimum absolute atomic E-state index is 0.143. The summed E-state index contributed by atoms with van der Waals surface area (Å²) in [5.74, 6) is 0.143. The van der Waals surface area contributed by atoms with Gasteiger partial charge in [0.2, 0.25) is 5.91 Å². The second kappa shape index (κ2) is 4.45. The Kier molecular flexibility index (Phi) is 3.02. The molecule has 1 saturated heterocycles. The van der Waals surface area contributed by atoms with E-state index < -0.39 is 0 Å². The lowest BCUT2D eigenvalue weighted by molar-refractivity contribution is -0.141. The van der Waals surface area contributed by atoms with Crippen LogP contribution in [0.5, 0.6) is 0 Å². The summed E-state index contributed by atoms with van der Waals surface area (Å²) < 4.78 is 0. The first kappa shape index (κ1) is 10.2. The second-order valence-corrected chi connectivity index (χ2v) is 3.94. The number of carbonyl (C=O) groups excluding carboxylic acids is 1. The van der Waals surface area contributed by atoms with E-state index in [1.165, 1.54) is 5.56 Å². The van der Waals surface area contributed by atoms with Crippen LogP contribution in [0, 0.1) is 0 Å². The molecule has 80 valence electrons. The van der Waals surface area contributed by atoms with Gasteiger partial charge in [0, 0.05) is 19.5 Å². The number of amides is 1. The highest BCUT2D eigenvalue weighted by Gasteiger charge is 2.27. The SMILES string of the molecule is O=C(CCc1ccccc1)N1CC(O)C1. The molecule has 1 heterocycles. The van der Waals surface area contributed by atoms with Crippen LogP contribution >= 0.6 is 0 Å². The van der Waals surface area contributed by atoms with E-state index in [1.807, 2.05) is 30.3 Å². The molecule has 0 spiro atoms. The molecule has 2 rings (SSSR count). The molecule has 3 heteroatoms. The molecule has 0 aromatic heterocycles. The van der Waals surface area contributed by atoms with Gasteiger partial charge in [0.15, 0.2) is 0 Å². The predicted molar refractivity (Wildman–Crippen MR) is 57.3 cm³/mol. The maximum atomic E-state index is 11.6. The Labute approximate surface area is 89.3 Å². The number of rotatable bonds is 3. The first-order valence-corrected chi connectivity index (χ1v) is 5.25. The number of carbonyl (C=O) groups is 1. The monoisotopic (exact) mass is 205 g/mol. The van der Waals surface area contributed by atoms with Crippen molar-refractivity contribution in [2.75, 3.05) is 13.1 Å². The summed E-state index contributed by atoms with van der Waals surface area (Å²) in [7, 11) is 0. The third-order valence-corrected chi connectivity index (χ3v) is 2.69. The van der Waals surface area contributed by atoms with E-state index in [1.54, 1.807) is 4.90 Å². The van der Waals surface area contributed by atoms with Crippen molar-refractivity contribution in [1.82, 2.24) is 4.90 Å². The topological polar surface area (TPSA) is 40.5 Å². The van der Waals surface area contributed by atoms with E-state index in [4.69, 9.17) is 5.11 Å². The Morgan fingerprint density at radius 2 is 2.00 bits per heavy atom. The van der Waals surface area contributed by atoms with Crippen LogP contribution in [-0.4, -0.2) is 35.1 Å². The third kappa shape index (κ3) is 2.57. The highest BCUT2D eigenvalue weighted by atomic mass is 16.3. The second-order valence-electron chi connectivity index (χ2n) is 3.94. The van der Waals surface area contributed by atoms with Gasteiger partial charge >= 0.3 is 0 Å². The molecule has 3 nitrogen and oxygen atoms in total. The van der Waals surface area contributed by atoms with Gasteiger partial charge in [-0.2, -0.15) is 0 Å². The van der Waals surface area contributed by atoms with Crippen LogP contribution in [0.4, 0.5) is 0 Å². The number of likely N-dealkylation sites (tertiary alicyclic amines) is 1. The normalized spacial score (nSPS) is 16.2. The molecule has 1 aromatic rings. The van der Waals surface area contributed by atoms with Crippen LogP contribution in [0.15, 0.2) is 30.3 Å². The predicted octanol–water partition coefficient (Wildman–Crippen LogP) is 0.822. The maximum Gasteiger partial charge on any atom is 0.223 e. The minimum Gasteiger partial charge on any atom is -0.389 e. The number of benzene rings is 1. The highest BCUT2D eigenvalue weighted by Crippen LogP contribution is 2.11. The van der Waals surface area contributed by atoms with Crippen LogP contribution in [0.3, 0.4) is 0 Å². The molecule has 0 atom stereocenters. The third-order valence-electron chi connectivity index (χ3n) is 2.69. The highest BCUT2D eigenvalue weighted by molar-refractivity contribution is 5.77. The first-order valence-electron chi connectivity index (χ1n) is 5.25. The molecule has 0 unspecified atom stereocenters. The quantitative estimate of drug-likeness (QED) is 0.793. The molecule has 1 fully saturated rings. The Morgan fingerprint density at radius 3 is 2.60 bits per heavy atom. The van der Waals surface area contributed by atoms with Crippen LogP contribution in [0.2, 0.25) is 0 Å². The largest absolute Gasteiger partial charge is 0.389 e. The van der Waals surface area contributed by atoms with Crippen molar-refractivity contribution in [3.05, 3.63) is 35.9 Å². The van der Waals surface area contributed by atoms with Crippen molar-refractivity contribution in [3.8, 4) is 0 Å². The van der Waals surface area contributed by atoms with E-state index in [-0.39, 0.29) is 12.0 Å². The van der Waals surface area contributed by atoms with Crippen molar-refractivity contribution < 1.29 is 9.90 Å². The lowest BCUT2D eigenvalue weighted by Gasteiger charge is -2.35. The van der Waals surface area contributed by atoms with E-state index >= 15 is 0 Å². The van der Waals surface area contributed by atoms with Crippen LogP contribution < -0.4 is 0 Å². The number of nitrogens with zero attached hydrogens (tertiary/aromatic N) is 1. The van der Waals surface area contributed by atoms with Crippen molar-refractivity contribution in [2.45, 2.75) is 18.9 Å². The van der Waals surface area contributed by atoms with E-state index in [0.717, 1.165) is 6.42 Å². The average molecular weight is 205 g/mol. The zero-order chi connectivity index (χ0) is 10.7. The Hall–Kier alpha value is -1.35. The van der Waals surface area contributed by atoms with E-state index in [0.29, 0.717) is 19.5 Å². The van der Waals surface area contributed by atoms with Gasteiger partial charge in [-0.1, -0.05) is 30.3 Å². The standard InChI is InChI=1S/C12H15NO2/c14-11-8-13(9-11)12(15)7-6-10-4-2-1-3-5-10/h1-5,11,14H,6-9H2. The average Bonchev–Trinajstić information content (AvgIpc) is 2.23. The van der Waals surface area contributed by atoms with Gasteiger partial charge in [-0.15, -0.1) is 0 Å². The molecule has 0 saturated carbocycles. The Morgan fingerprint density at radius 1 is 1.33 bits per heavy atom. The van der Waals surface area contributed by atoms with Gasteiger partial charge in [0.25, 0.3) is 0 Å². The molecule has 1 aliphatic heterocycles. The van der Waals surface area contributed by atoms with E-state index in [2.05, 4.69) is 0 Å². The summed E-state index contributed by atoms with van der Waals surface area (Å²) in [6, 6.07) is 9.98. The summed E-state index contributed by atoms with van der Waals surface area (Å²) in [5.41, 5.74) is 1.19. The summed E-state index contributed by atoms with van der Waals surface area (Å²) in [6.07, 6.45) is 1.02. The summed E-state index contributed by atoms with van der Waals surface area (Å²) >= 11 is 0. The maximum absolute atomic E-state index is 11.6. The molecule has 1 N–H and O–H groups in total. The molecule has 15 heavy (non-hydrogen) atoms. The number of hydrogen-bond acceptors (Lipinski definition) is 2. The van der Waals surface area contributed by atoms with Gasteiger partial charge in [0.05, 0.1) is 6.10 Å². The summed E-state index contributed by atoms with van der Waals surface area (Å²) in [6.45, 7) is 1.02. The first-order chi connectivity index (χ1) is 7.25. The molecular weight excluding hydrogens is 190 g/mol. The van der Waals surface area contributed by atoms with Gasteiger partial charge in [-0.25, -0.2) is 0 Å². The number of aliphatic hydroxyl groups excluding tert-OH is 1. The number of aryl methyl sites for hydroxylation is 1. The van der Waals surface area contributed by atoms with Gasteiger partial charge in [0.1, 0.15) is 0 Å². The van der Waals surface area contributed by atoms with Crippen molar-refractivity contribution >= 4 is 5.91 Å². The minimum atomic E-state index is -0.300. The van der Waals surface area contributed by atoms with Crippen LogP contribution in [0.25, 0.3) is 0 Å². The number of hydrogen-bond donors (Lipinski definition) is 1. The lowest BCUT2D eigenvalue weighted by atomic mass is 10.1. The van der Waals surface area contributed by atoms with Crippen molar-refractivity contribution in [2.24, 2.45) is 0 Å². The molecule has 0 aliphatic carbocycles. The zero-order valence-corrected chi connectivity index (χ0v) is 8.60. The van der Waals surface area contributed by atoms with Crippen molar-refractivity contribution in [3.63, 3.8) is 0 Å². The smallest absolute Gasteiger partial charge is 0.223 e. The molecule has 1 amide bonds. The zero-order valence-electron chi connectivity index (χ0n) is 8.60. The fourth-order valence-electron chi connectivity index (χ4n) is 1.71. The molecular formula is C12H15NO2. The number of β-amino-alcohol motifs (C(OH)–C–C–N with tert-alkyl or cyclic N) is 1. The van der Waals surface area contributed by atoms with Gasteiger partial charge in [-0.3, -0.25) is 4.79 Å². The number of aliphatic hydroxyl groups is 1. The Bertz CT molecular complexity index is 331. The molecule has 0 bridgehead atoms. The van der Waals surface area contributed by atoms with Gasteiger partial charge < -0.3 is 10.0 Å². The summed E-state index contributed by atoms with van der Waals surface area (Å²) in [4.78, 5) is 13.3. The van der Waals surface area contributed by atoms with Gasteiger partial charge in [-0.05, 0) is 12.0 Å².